The van der Waals surface area contributed by atoms with Crippen molar-refractivity contribution in [2.75, 3.05) is 0 Å². The fourth-order valence-corrected chi connectivity index (χ4v) is 1.68. The van der Waals surface area contributed by atoms with Gasteiger partial charge in [0.05, 0.1) is 6.42 Å². The molecule has 2 N–H and O–H groups in total. The molecule has 0 saturated carbocycles. The standard InChI is InChI=1S/C14H18FNO3/c1-14(2,3)12(13(18)19)16-11(17)8-9-6-4-5-7-10(9)15/h4-7,12H,8H2,1-3H3,(H,16,17)(H,18,19). The Hall–Kier alpha value is -1.91. The molecular weight excluding hydrogens is 249 g/mol. The van der Waals surface area contributed by atoms with Gasteiger partial charge in [0.1, 0.15) is 11.9 Å². The van der Waals surface area contributed by atoms with Crippen LogP contribution in [0.5, 0.6) is 0 Å². The van der Waals surface area contributed by atoms with Gasteiger partial charge < -0.3 is 10.4 Å². The Bertz CT molecular complexity index is 480. The lowest BCUT2D eigenvalue weighted by Gasteiger charge is -2.27. The Morgan fingerprint density at radius 1 is 1.32 bits per heavy atom. The van der Waals surface area contributed by atoms with Crippen molar-refractivity contribution >= 4 is 11.9 Å². The van der Waals surface area contributed by atoms with Crippen molar-refractivity contribution in [1.29, 1.82) is 0 Å². The van der Waals surface area contributed by atoms with Gasteiger partial charge in [0.15, 0.2) is 0 Å². The highest BCUT2D eigenvalue weighted by atomic mass is 19.1. The lowest BCUT2D eigenvalue weighted by molar-refractivity contribution is -0.144. The van der Waals surface area contributed by atoms with Crippen molar-refractivity contribution in [1.82, 2.24) is 5.32 Å². The molecule has 1 aromatic rings. The molecule has 0 heterocycles. The van der Waals surface area contributed by atoms with Crippen LogP contribution in [0, 0.1) is 11.2 Å². The number of carbonyl (C=O) groups excluding carboxylic acids is 1. The van der Waals surface area contributed by atoms with Crippen LogP contribution in [-0.4, -0.2) is 23.0 Å². The van der Waals surface area contributed by atoms with E-state index < -0.39 is 29.2 Å². The van der Waals surface area contributed by atoms with Crippen LogP contribution in [0.25, 0.3) is 0 Å². The highest BCUT2D eigenvalue weighted by Gasteiger charge is 2.32. The maximum Gasteiger partial charge on any atom is 0.326 e. The van der Waals surface area contributed by atoms with E-state index in [1.165, 1.54) is 18.2 Å². The van der Waals surface area contributed by atoms with E-state index in [-0.39, 0.29) is 12.0 Å². The third-order valence-corrected chi connectivity index (χ3v) is 2.73. The summed E-state index contributed by atoms with van der Waals surface area (Å²) in [5.74, 6) is -2.08. The van der Waals surface area contributed by atoms with Gasteiger partial charge >= 0.3 is 5.97 Å². The van der Waals surface area contributed by atoms with Crippen LogP contribution >= 0.6 is 0 Å². The number of hydrogen-bond donors (Lipinski definition) is 2. The summed E-state index contributed by atoms with van der Waals surface area (Å²) in [6.07, 6.45) is -0.174. The molecule has 1 unspecified atom stereocenters. The molecule has 4 nitrogen and oxygen atoms in total. The molecule has 0 aliphatic rings. The first kappa shape index (κ1) is 15.1. The minimum absolute atomic E-state index is 0.174. The molecule has 1 atom stereocenters. The Kier molecular flexibility index (Phi) is 4.64. The number of nitrogens with one attached hydrogen (secondary N) is 1. The number of carboxylic acid groups (broad SMARTS) is 1. The number of carbonyl (C=O) groups is 2. The van der Waals surface area contributed by atoms with Crippen molar-refractivity contribution in [3.63, 3.8) is 0 Å². The largest absolute Gasteiger partial charge is 0.480 e. The molecule has 1 aromatic carbocycles. The topological polar surface area (TPSA) is 66.4 Å². The molecule has 19 heavy (non-hydrogen) atoms. The lowest BCUT2D eigenvalue weighted by Crippen LogP contribution is -2.49. The Morgan fingerprint density at radius 2 is 1.89 bits per heavy atom. The molecule has 0 bridgehead atoms. The molecule has 0 spiro atoms. The third kappa shape index (κ3) is 4.35. The van der Waals surface area contributed by atoms with Crippen LogP contribution in [0.1, 0.15) is 26.3 Å². The average molecular weight is 267 g/mol. The number of rotatable bonds is 4. The number of halogens is 1. The highest BCUT2D eigenvalue weighted by molar-refractivity contribution is 5.85. The summed E-state index contributed by atoms with van der Waals surface area (Å²) in [6.45, 7) is 5.15. The van der Waals surface area contributed by atoms with Crippen molar-refractivity contribution in [2.24, 2.45) is 5.41 Å². The number of hydrogen-bond acceptors (Lipinski definition) is 2. The fraction of sp³-hybridized carbons (Fsp3) is 0.429. The van der Waals surface area contributed by atoms with Gasteiger partial charge in [-0.1, -0.05) is 39.0 Å². The van der Waals surface area contributed by atoms with Gasteiger partial charge in [-0.15, -0.1) is 0 Å². The quantitative estimate of drug-likeness (QED) is 0.876. The first-order chi connectivity index (χ1) is 8.71. The second kappa shape index (κ2) is 5.82. The van der Waals surface area contributed by atoms with Crippen LogP contribution < -0.4 is 5.32 Å². The molecule has 104 valence electrons. The number of amides is 1. The first-order valence-electron chi connectivity index (χ1n) is 5.97. The van der Waals surface area contributed by atoms with Crippen LogP contribution in [0.3, 0.4) is 0 Å². The Labute approximate surface area is 111 Å². The van der Waals surface area contributed by atoms with Crippen LogP contribution in [0.2, 0.25) is 0 Å². The van der Waals surface area contributed by atoms with E-state index in [4.69, 9.17) is 5.11 Å². The lowest BCUT2D eigenvalue weighted by atomic mass is 9.86. The smallest absolute Gasteiger partial charge is 0.326 e. The maximum absolute atomic E-state index is 13.4. The molecule has 0 radical (unpaired) electrons. The van der Waals surface area contributed by atoms with E-state index >= 15 is 0 Å². The van der Waals surface area contributed by atoms with Gasteiger partial charge in [-0.25, -0.2) is 9.18 Å². The van der Waals surface area contributed by atoms with E-state index in [1.54, 1.807) is 26.8 Å². The zero-order valence-corrected chi connectivity index (χ0v) is 11.2. The van der Waals surface area contributed by atoms with E-state index in [0.717, 1.165) is 0 Å². The molecule has 5 heteroatoms. The summed E-state index contributed by atoms with van der Waals surface area (Å²) < 4.78 is 13.4. The fourth-order valence-electron chi connectivity index (χ4n) is 1.68. The number of benzene rings is 1. The molecule has 0 aliphatic heterocycles. The average Bonchev–Trinajstić information content (AvgIpc) is 2.27. The second-order valence-electron chi connectivity index (χ2n) is 5.47. The molecule has 1 amide bonds. The molecule has 0 fully saturated rings. The van der Waals surface area contributed by atoms with E-state index in [2.05, 4.69) is 5.32 Å². The van der Waals surface area contributed by atoms with Crippen molar-refractivity contribution in [3.05, 3.63) is 35.6 Å². The van der Waals surface area contributed by atoms with Gasteiger partial charge in [-0.2, -0.15) is 0 Å². The van der Waals surface area contributed by atoms with E-state index in [9.17, 15) is 14.0 Å². The van der Waals surface area contributed by atoms with Crippen molar-refractivity contribution in [2.45, 2.75) is 33.2 Å². The molecular formula is C14H18FNO3. The maximum atomic E-state index is 13.4. The zero-order chi connectivity index (χ0) is 14.6. The predicted molar refractivity (Wildman–Crippen MR) is 69.1 cm³/mol. The van der Waals surface area contributed by atoms with Gasteiger partial charge in [-0.05, 0) is 17.0 Å². The molecule has 1 rings (SSSR count). The van der Waals surface area contributed by atoms with Crippen LogP contribution in [0.4, 0.5) is 4.39 Å². The second-order valence-corrected chi connectivity index (χ2v) is 5.47. The first-order valence-corrected chi connectivity index (χ1v) is 5.97. The number of aliphatic carboxylic acids is 1. The molecule has 0 saturated heterocycles. The Morgan fingerprint density at radius 3 is 2.37 bits per heavy atom. The predicted octanol–water partition coefficient (Wildman–Crippen LogP) is 1.98. The summed E-state index contributed by atoms with van der Waals surface area (Å²) >= 11 is 0. The zero-order valence-electron chi connectivity index (χ0n) is 11.2. The summed E-state index contributed by atoms with van der Waals surface area (Å²) in [5, 5.41) is 11.5. The molecule has 0 aliphatic carbocycles. The van der Waals surface area contributed by atoms with E-state index in [0.29, 0.717) is 0 Å². The van der Waals surface area contributed by atoms with Crippen molar-refractivity contribution < 1.29 is 19.1 Å². The van der Waals surface area contributed by atoms with Crippen LogP contribution in [0.15, 0.2) is 24.3 Å². The summed E-state index contributed by atoms with van der Waals surface area (Å²) in [6, 6.07) is 4.92. The summed E-state index contributed by atoms with van der Waals surface area (Å²) in [7, 11) is 0. The van der Waals surface area contributed by atoms with Gasteiger partial charge in [-0.3, -0.25) is 4.79 Å². The monoisotopic (exact) mass is 267 g/mol. The highest BCUT2D eigenvalue weighted by Crippen LogP contribution is 2.19. The summed E-state index contributed by atoms with van der Waals surface area (Å²) in [5.41, 5.74) is -0.366. The minimum atomic E-state index is -1.10. The van der Waals surface area contributed by atoms with Crippen molar-refractivity contribution in [3.8, 4) is 0 Å². The van der Waals surface area contributed by atoms with Crippen LogP contribution in [-0.2, 0) is 16.0 Å². The summed E-state index contributed by atoms with van der Waals surface area (Å²) in [4.78, 5) is 22.9. The SMILES string of the molecule is CC(C)(C)C(NC(=O)Cc1ccccc1F)C(=O)O. The van der Waals surface area contributed by atoms with Gasteiger partial charge in [0, 0.05) is 0 Å². The minimum Gasteiger partial charge on any atom is -0.480 e. The van der Waals surface area contributed by atoms with Gasteiger partial charge in [0.25, 0.3) is 0 Å². The molecule has 0 aromatic heterocycles. The third-order valence-electron chi connectivity index (χ3n) is 2.73. The van der Waals surface area contributed by atoms with E-state index in [1.807, 2.05) is 0 Å². The number of carboxylic acids is 1. The Balaban J connectivity index is 2.75. The van der Waals surface area contributed by atoms with Gasteiger partial charge in [0.2, 0.25) is 5.91 Å². The normalized spacial score (nSPS) is 12.8.